The van der Waals surface area contributed by atoms with Crippen LogP contribution in [-0.2, 0) is 17.6 Å². The van der Waals surface area contributed by atoms with Gasteiger partial charge in [0.2, 0.25) is 11.9 Å². The van der Waals surface area contributed by atoms with E-state index in [4.69, 9.17) is 0 Å². The SMILES string of the molecule is CSCC[C@H](C(=O)Nc1n[nH]c(CCc2ccccc2)n1)n1cccc1. The van der Waals surface area contributed by atoms with Gasteiger partial charge in [-0.25, -0.2) is 0 Å². The molecule has 1 amide bonds. The van der Waals surface area contributed by atoms with Gasteiger partial charge in [-0.2, -0.15) is 16.7 Å². The zero-order chi connectivity index (χ0) is 18.2. The summed E-state index contributed by atoms with van der Waals surface area (Å²) in [6, 6.07) is 13.8. The molecule has 0 bridgehead atoms. The fraction of sp³-hybridized carbons (Fsp3) is 0.316. The highest BCUT2D eigenvalue weighted by Gasteiger charge is 2.20. The second kappa shape index (κ2) is 9.24. The zero-order valence-electron chi connectivity index (χ0n) is 14.8. The normalized spacial score (nSPS) is 12.0. The van der Waals surface area contributed by atoms with Crippen molar-refractivity contribution in [2.45, 2.75) is 25.3 Å². The Morgan fingerprint density at radius 3 is 2.69 bits per heavy atom. The molecule has 0 radical (unpaired) electrons. The minimum absolute atomic E-state index is 0.0936. The molecule has 3 aromatic rings. The number of thioether (sulfide) groups is 1. The van der Waals surface area contributed by atoms with Gasteiger partial charge in [-0.15, -0.1) is 5.10 Å². The quantitative estimate of drug-likeness (QED) is 0.607. The summed E-state index contributed by atoms with van der Waals surface area (Å²) in [5.41, 5.74) is 1.25. The third-order valence-electron chi connectivity index (χ3n) is 4.15. The van der Waals surface area contributed by atoms with Gasteiger partial charge >= 0.3 is 0 Å². The number of hydrogen-bond acceptors (Lipinski definition) is 4. The summed E-state index contributed by atoms with van der Waals surface area (Å²) in [4.78, 5) is 17.1. The second-order valence-electron chi connectivity index (χ2n) is 6.01. The first-order chi connectivity index (χ1) is 12.8. The monoisotopic (exact) mass is 369 g/mol. The van der Waals surface area contributed by atoms with Gasteiger partial charge in [0, 0.05) is 18.8 Å². The van der Waals surface area contributed by atoms with Gasteiger partial charge in [-0.1, -0.05) is 30.3 Å². The smallest absolute Gasteiger partial charge is 0.249 e. The van der Waals surface area contributed by atoms with Gasteiger partial charge in [0.25, 0.3) is 0 Å². The summed E-state index contributed by atoms with van der Waals surface area (Å²) in [6.07, 6.45) is 8.25. The number of benzene rings is 1. The van der Waals surface area contributed by atoms with Crippen molar-refractivity contribution in [2.24, 2.45) is 0 Å². The molecule has 1 aromatic carbocycles. The van der Waals surface area contributed by atoms with Crippen LogP contribution in [-0.4, -0.2) is 37.7 Å². The summed E-state index contributed by atoms with van der Waals surface area (Å²) in [5.74, 6) is 1.92. The molecule has 0 aliphatic carbocycles. The first-order valence-electron chi connectivity index (χ1n) is 8.63. The van der Waals surface area contributed by atoms with Crippen LogP contribution in [0.5, 0.6) is 0 Å². The lowest BCUT2D eigenvalue weighted by atomic mass is 10.1. The van der Waals surface area contributed by atoms with Gasteiger partial charge in [0.05, 0.1) is 0 Å². The maximum absolute atomic E-state index is 12.7. The van der Waals surface area contributed by atoms with E-state index in [2.05, 4.69) is 32.6 Å². The number of aromatic nitrogens is 4. The maximum atomic E-state index is 12.7. The number of nitrogens with zero attached hydrogens (tertiary/aromatic N) is 3. The molecule has 1 atom stereocenters. The summed E-state index contributed by atoms with van der Waals surface area (Å²) in [5, 5.41) is 9.88. The van der Waals surface area contributed by atoms with Crippen LogP contribution in [0.1, 0.15) is 23.9 Å². The first-order valence-corrected chi connectivity index (χ1v) is 10.0. The van der Waals surface area contributed by atoms with Crippen molar-refractivity contribution < 1.29 is 4.79 Å². The molecule has 7 heteroatoms. The molecule has 2 heterocycles. The molecular weight excluding hydrogens is 346 g/mol. The highest BCUT2D eigenvalue weighted by molar-refractivity contribution is 7.98. The van der Waals surface area contributed by atoms with Crippen molar-refractivity contribution in [1.29, 1.82) is 0 Å². The molecule has 0 unspecified atom stereocenters. The highest BCUT2D eigenvalue weighted by atomic mass is 32.2. The molecule has 0 spiro atoms. The van der Waals surface area contributed by atoms with E-state index >= 15 is 0 Å². The standard InChI is InChI=1S/C19H23N5OS/c1-26-14-11-16(24-12-5-6-13-24)18(25)21-19-20-17(22-23-19)10-9-15-7-3-2-4-8-15/h2-8,12-13,16H,9-11,14H2,1H3,(H2,20,21,22,23,25)/t16-/m1/s1. The van der Waals surface area contributed by atoms with Crippen LogP contribution < -0.4 is 5.32 Å². The van der Waals surface area contributed by atoms with Gasteiger partial charge in [-0.3, -0.25) is 15.2 Å². The molecule has 2 N–H and O–H groups in total. The minimum Gasteiger partial charge on any atom is -0.342 e. The van der Waals surface area contributed by atoms with Crippen LogP contribution >= 0.6 is 11.8 Å². The van der Waals surface area contributed by atoms with Crippen molar-refractivity contribution in [3.05, 3.63) is 66.2 Å². The predicted molar refractivity (Wildman–Crippen MR) is 105 cm³/mol. The average Bonchev–Trinajstić information content (AvgIpc) is 3.33. The third kappa shape index (κ3) is 4.98. The fourth-order valence-corrected chi connectivity index (χ4v) is 3.22. The van der Waals surface area contributed by atoms with Crippen LogP contribution in [0.2, 0.25) is 0 Å². The largest absolute Gasteiger partial charge is 0.342 e. The van der Waals surface area contributed by atoms with Crippen molar-refractivity contribution in [1.82, 2.24) is 19.7 Å². The zero-order valence-corrected chi connectivity index (χ0v) is 15.6. The fourth-order valence-electron chi connectivity index (χ4n) is 2.76. The number of rotatable bonds is 9. The molecule has 0 aliphatic rings. The lowest BCUT2D eigenvalue weighted by Gasteiger charge is -2.17. The van der Waals surface area contributed by atoms with E-state index in [0.717, 1.165) is 30.8 Å². The number of amides is 1. The molecule has 3 rings (SSSR count). The van der Waals surface area contributed by atoms with Crippen molar-refractivity contribution >= 4 is 23.6 Å². The van der Waals surface area contributed by atoms with E-state index in [0.29, 0.717) is 5.95 Å². The van der Waals surface area contributed by atoms with Gasteiger partial charge in [-0.05, 0) is 42.5 Å². The Hall–Kier alpha value is -2.54. The van der Waals surface area contributed by atoms with Gasteiger partial charge < -0.3 is 4.57 Å². The van der Waals surface area contributed by atoms with E-state index in [9.17, 15) is 4.79 Å². The number of carbonyl (C=O) groups excluding carboxylic acids is 1. The van der Waals surface area contributed by atoms with Crippen molar-refractivity contribution in [2.75, 3.05) is 17.3 Å². The number of carbonyl (C=O) groups is 1. The van der Waals surface area contributed by atoms with Gasteiger partial charge in [0.1, 0.15) is 11.9 Å². The number of H-pyrrole nitrogens is 1. The molecule has 136 valence electrons. The molecular formula is C19H23N5OS. The van der Waals surface area contributed by atoms with Crippen LogP contribution in [0.15, 0.2) is 54.9 Å². The van der Waals surface area contributed by atoms with E-state index in [1.54, 1.807) is 11.8 Å². The second-order valence-corrected chi connectivity index (χ2v) is 6.99. The van der Waals surface area contributed by atoms with E-state index in [1.165, 1.54) is 5.56 Å². The molecule has 6 nitrogen and oxygen atoms in total. The Morgan fingerprint density at radius 2 is 1.96 bits per heavy atom. The predicted octanol–water partition coefficient (Wildman–Crippen LogP) is 3.32. The Labute approximate surface area is 157 Å². The molecule has 26 heavy (non-hydrogen) atoms. The minimum atomic E-state index is -0.260. The van der Waals surface area contributed by atoms with Crippen molar-refractivity contribution in [3.63, 3.8) is 0 Å². The lowest BCUT2D eigenvalue weighted by molar-refractivity contribution is -0.119. The molecule has 0 saturated carbocycles. The van der Waals surface area contributed by atoms with Crippen LogP contribution in [0.4, 0.5) is 5.95 Å². The Kier molecular flexibility index (Phi) is 6.49. The molecule has 2 aromatic heterocycles. The Balaban J connectivity index is 1.59. The first kappa shape index (κ1) is 18.3. The Morgan fingerprint density at radius 1 is 1.19 bits per heavy atom. The Bertz CT molecular complexity index is 800. The maximum Gasteiger partial charge on any atom is 0.249 e. The van der Waals surface area contributed by atoms with Crippen LogP contribution in [0, 0.1) is 0 Å². The highest BCUT2D eigenvalue weighted by Crippen LogP contribution is 2.17. The van der Waals surface area contributed by atoms with E-state index in [1.807, 2.05) is 53.5 Å². The van der Waals surface area contributed by atoms with Crippen molar-refractivity contribution in [3.8, 4) is 0 Å². The van der Waals surface area contributed by atoms with E-state index < -0.39 is 0 Å². The molecule has 0 aliphatic heterocycles. The lowest BCUT2D eigenvalue weighted by Crippen LogP contribution is -2.26. The van der Waals surface area contributed by atoms with Gasteiger partial charge in [0.15, 0.2) is 0 Å². The summed E-state index contributed by atoms with van der Waals surface area (Å²) in [6.45, 7) is 0. The summed E-state index contributed by atoms with van der Waals surface area (Å²) < 4.78 is 1.93. The average molecular weight is 369 g/mol. The van der Waals surface area contributed by atoms with Crippen LogP contribution in [0.25, 0.3) is 0 Å². The number of aromatic amines is 1. The number of anilines is 1. The molecule has 0 fully saturated rings. The topological polar surface area (TPSA) is 75.6 Å². The van der Waals surface area contributed by atoms with Crippen LogP contribution in [0.3, 0.4) is 0 Å². The molecule has 0 saturated heterocycles. The number of hydrogen-bond donors (Lipinski definition) is 2. The number of nitrogens with one attached hydrogen (secondary N) is 2. The van der Waals surface area contributed by atoms with E-state index in [-0.39, 0.29) is 11.9 Å². The third-order valence-corrected chi connectivity index (χ3v) is 4.79. The number of aryl methyl sites for hydroxylation is 2. The summed E-state index contributed by atoms with van der Waals surface area (Å²) >= 11 is 1.73. The summed E-state index contributed by atoms with van der Waals surface area (Å²) in [7, 11) is 0.